The fourth-order valence-electron chi connectivity index (χ4n) is 1.93. The van der Waals surface area contributed by atoms with E-state index in [0.29, 0.717) is 31.1 Å². The number of aryl methyl sites for hydroxylation is 1. The highest BCUT2D eigenvalue weighted by atomic mass is 16.1. The molecule has 0 aliphatic rings. The summed E-state index contributed by atoms with van der Waals surface area (Å²) in [6, 6.07) is 3.74. The van der Waals surface area contributed by atoms with Gasteiger partial charge in [0.15, 0.2) is 5.82 Å². The predicted octanol–water partition coefficient (Wildman–Crippen LogP) is 1.69. The summed E-state index contributed by atoms with van der Waals surface area (Å²) in [5.74, 6) is 1.51. The Kier molecular flexibility index (Phi) is 5.88. The van der Waals surface area contributed by atoms with Crippen molar-refractivity contribution >= 4 is 11.7 Å². The number of amides is 1. The summed E-state index contributed by atoms with van der Waals surface area (Å²) in [5, 5.41) is 10.4. The third-order valence-corrected chi connectivity index (χ3v) is 3.12. The third kappa shape index (κ3) is 4.83. The molecule has 7 heteroatoms. The van der Waals surface area contributed by atoms with E-state index < -0.39 is 0 Å². The normalized spacial score (nSPS) is 10.5. The monoisotopic (exact) mass is 302 g/mol. The van der Waals surface area contributed by atoms with Gasteiger partial charge in [-0.25, -0.2) is 14.6 Å². The third-order valence-electron chi connectivity index (χ3n) is 3.12. The van der Waals surface area contributed by atoms with Crippen molar-refractivity contribution in [3.8, 4) is 5.82 Å². The van der Waals surface area contributed by atoms with Crippen LogP contribution >= 0.6 is 0 Å². The van der Waals surface area contributed by atoms with Gasteiger partial charge in [-0.1, -0.05) is 13.3 Å². The van der Waals surface area contributed by atoms with E-state index in [1.165, 1.54) is 6.33 Å². The van der Waals surface area contributed by atoms with E-state index in [0.717, 1.165) is 18.5 Å². The van der Waals surface area contributed by atoms with E-state index in [1.807, 2.05) is 25.3 Å². The van der Waals surface area contributed by atoms with Crippen LogP contribution in [0.1, 0.15) is 31.9 Å². The summed E-state index contributed by atoms with van der Waals surface area (Å²) in [4.78, 5) is 19.8. The first-order chi connectivity index (χ1) is 10.7. The maximum absolute atomic E-state index is 11.5. The molecule has 7 nitrogen and oxygen atoms in total. The average Bonchev–Trinajstić information content (AvgIpc) is 2.96. The second-order valence-corrected chi connectivity index (χ2v) is 5.04. The molecule has 118 valence electrons. The number of hydrogen-bond acceptors (Lipinski definition) is 5. The standard InChI is InChI=1S/C15H22N6O/c1-3-4-5-15(22)17-8-7-16-13-10-14(19-11-18-13)21-9-6-12(2)20-21/h6,9-11H,3-5,7-8H2,1-2H3,(H,17,22)(H,16,18,19). The zero-order valence-electron chi connectivity index (χ0n) is 13.0. The number of carbonyl (C=O) groups is 1. The lowest BCUT2D eigenvalue weighted by molar-refractivity contribution is -0.121. The number of unbranched alkanes of at least 4 members (excludes halogenated alkanes) is 1. The van der Waals surface area contributed by atoms with Gasteiger partial charge in [0.1, 0.15) is 12.1 Å². The van der Waals surface area contributed by atoms with Crippen LogP contribution < -0.4 is 10.6 Å². The molecule has 0 unspecified atom stereocenters. The van der Waals surface area contributed by atoms with Crippen LogP contribution in [0.4, 0.5) is 5.82 Å². The van der Waals surface area contributed by atoms with E-state index in [1.54, 1.807) is 4.68 Å². The van der Waals surface area contributed by atoms with Crippen molar-refractivity contribution in [1.82, 2.24) is 25.1 Å². The van der Waals surface area contributed by atoms with Crippen molar-refractivity contribution in [1.29, 1.82) is 0 Å². The predicted molar refractivity (Wildman–Crippen MR) is 84.9 cm³/mol. The Balaban J connectivity index is 1.80. The van der Waals surface area contributed by atoms with Crippen molar-refractivity contribution in [3.05, 3.63) is 30.4 Å². The summed E-state index contributed by atoms with van der Waals surface area (Å²) < 4.78 is 1.70. The van der Waals surface area contributed by atoms with E-state index in [-0.39, 0.29) is 5.91 Å². The van der Waals surface area contributed by atoms with Gasteiger partial charge >= 0.3 is 0 Å². The van der Waals surface area contributed by atoms with Crippen LogP contribution in [0.5, 0.6) is 0 Å². The van der Waals surface area contributed by atoms with Crippen LogP contribution in [0.15, 0.2) is 24.7 Å². The van der Waals surface area contributed by atoms with Crippen LogP contribution in [0.25, 0.3) is 5.82 Å². The molecule has 22 heavy (non-hydrogen) atoms. The highest BCUT2D eigenvalue weighted by Crippen LogP contribution is 2.08. The average molecular weight is 302 g/mol. The molecule has 2 rings (SSSR count). The molecule has 1 amide bonds. The first-order valence-electron chi connectivity index (χ1n) is 7.54. The first-order valence-corrected chi connectivity index (χ1v) is 7.54. The summed E-state index contributed by atoms with van der Waals surface area (Å²) in [6.07, 6.45) is 5.90. The molecule has 2 N–H and O–H groups in total. The Morgan fingerprint density at radius 1 is 1.32 bits per heavy atom. The maximum atomic E-state index is 11.5. The zero-order valence-corrected chi connectivity index (χ0v) is 13.0. The lowest BCUT2D eigenvalue weighted by Crippen LogP contribution is -2.28. The summed E-state index contributed by atoms with van der Waals surface area (Å²) in [7, 11) is 0. The fraction of sp³-hybridized carbons (Fsp3) is 0.467. The van der Waals surface area contributed by atoms with Crippen LogP contribution in [-0.4, -0.2) is 38.7 Å². The minimum absolute atomic E-state index is 0.0963. The van der Waals surface area contributed by atoms with Gasteiger partial charge in [-0.3, -0.25) is 4.79 Å². The van der Waals surface area contributed by atoms with Crippen LogP contribution in [-0.2, 0) is 4.79 Å². The van der Waals surface area contributed by atoms with Crippen molar-refractivity contribution in [2.75, 3.05) is 18.4 Å². The Morgan fingerprint density at radius 3 is 2.91 bits per heavy atom. The number of hydrogen-bond donors (Lipinski definition) is 2. The number of aromatic nitrogens is 4. The maximum Gasteiger partial charge on any atom is 0.220 e. The highest BCUT2D eigenvalue weighted by Gasteiger charge is 2.03. The van der Waals surface area contributed by atoms with Crippen molar-refractivity contribution < 1.29 is 4.79 Å². The van der Waals surface area contributed by atoms with Crippen molar-refractivity contribution in [2.45, 2.75) is 33.1 Å². The minimum atomic E-state index is 0.0963. The molecular formula is C15H22N6O. The first kappa shape index (κ1) is 15.9. The smallest absolute Gasteiger partial charge is 0.220 e. The Morgan fingerprint density at radius 2 is 2.18 bits per heavy atom. The molecule has 0 fully saturated rings. The lowest BCUT2D eigenvalue weighted by Gasteiger charge is -2.08. The van der Waals surface area contributed by atoms with Gasteiger partial charge < -0.3 is 10.6 Å². The minimum Gasteiger partial charge on any atom is -0.368 e. The molecule has 0 aromatic carbocycles. The molecule has 2 aromatic rings. The van der Waals surface area contributed by atoms with E-state index in [2.05, 4.69) is 32.6 Å². The fourth-order valence-corrected chi connectivity index (χ4v) is 1.93. The molecule has 2 aromatic heterocycles. The van der Waals surface area contributed by atoms with Crippen molar-refractivity contribution in [2.24, 2.45) is 0 Å². The number of rotatable bonds is 8. The SMILES string of the molecule is CCCCC(=O)NCCNc1cc(-n2ccc(C)n2)ncn1. The van der Waals surface area contributed by atoms with Gasteiger partial charge in [0.25, 0.3) is 0 Å². The molecule has 0 atom stereocenters. The summed E-state index contributed by atoms with van der Waals surface area (Å²) >= 11 is 0. The van der Waals surface area contributed by atoms with Gasteiger partial charge in [-0.05, 0) is 19.4 Å². The Labute approximate surface area is 130 Å². The molecule has 0 aliphatic heterocycles. The molecule has 0 saturated carbocycles. The Bertz CT molecular complexity index is 610. The topological polar surface area (TPSA) is 84.7 Å². The molecule has 0 bridgehead atoms. The molecular weight excluding hydrogens is 280 g/mol. The summed E-state index contributed by atoms with van der Waals surface area (Å²) in [5.41, 5.74) is 0.933. The van der Waals surface area contributed by atoms with Crippen LogP contribution in [0.2, 0.25) is 0 Å². The number of anilines is 1. The molecule has 0 radical (unpaired) electrons. The highest BCUT2D eigenvalue weighted by molar-refractivity contribution is 5.75. The second-order valence-electron chi connectivity index (χ2n) is 5.04. The largest absolute Gasteiger partial charge is 0.368 e. The molecule has 0 saturated heterocycles. The van der Waals surface area contributed by atoms with Gasteiger partial charge in [0, 0.05) is 31.8 Å². The van der Waals surface area contributed by atoms with Crippen molar-refractivity contribution in [3.63, 3.8) is 0 Å². The van der Waals surface area contributed by atoms with Gasteiger partial charge in [-0.15, -0.1) is 0 Å². The van der Waals surface area contributed by atoms with E-state index >= 15 is 0 Å². The molecule has 2 heterocycles. The van der Waals surface area contributed by atoms with Gasteiger partial charge in [-0.2, -0.15) is 5.10 Å². The Hall–Kier alpha value is -2.44. The second kappa shape index (κ2) is 8.11. The number of carbonyl (C=O) groups excluding carboxylic acids is 1. The van der Waals surface area contributed by atoms with E-state index in [9.17, 15) is 4.79 Å². The summed E-state index contributed by atoms with van der Waals surface area (Å²) in [6.45, 7) is 5.19. The van der Waals surface area contributed by atoms with E-state index in [4.69, 9.17) is 0 Å². The van der Waals surface area contributed by atoms with Crippen LogP contribution in [0.3, 0.4) is 0 Å². The van der Waals surface area contributed by atoms with Crippen LogP contribution in [0, 0.1) is 6.92 Å². The number of nitrogens with zero attached hydrogens (tertiary/aromatic N) is 4. The quantitative estimate of drug-likeness (QED) is 0.725. The zero-order chi connectivity index (χ0) is 15.8. The molecule has 0 spiro atoms. The van der Waals surface area contributed by atoms with Gasteiger partial charge in [0.05, 0.1) is 5.69 Å². The molecule has 0 aliphatic carbocycles. The van der Waals surface area contributed by atoms with Gasteiger partial charge in [0.2, 0.25) is 5.91 Å². The number of nitrogens with one attached hydrogen (secondary N) is 2. The lowest BCUT2D eigenvalue weighted by atomic mass is 10.2.